The SMILES string of the molecule is C=CC(C)C(O)c1cc(OC)c(OC)c(OC)c1-c1ccc2c(c1)OCO2. The molecule has 2 aromatic rings. The third-order valence-electron chi connectivity index (χ3n) is 4.71. The van der Waals surface area contributed by atoms with Crippen LogP contribution in [0.15, 0.2) is 36.9 Å². The molecule has 0 aromatic heterocycles. The highest BCUT2D eigenvalue weighted by molar-refractivity contribution is 5.81. The molecule has 0 bridgehead atoms. The Morgan fingerprint density at radius 2 is 1.74 bits per heavy atom. The molecule has 0 amide bonds. The number of methoxy groups -OCH3 is 3. The summed E-state index contributed by atoms with van der Waals surface area (Å²) in [4.78, 5) is 0. The van der Waals surface area contributed by atoms with Gasteiger partial charge >= 0.3 is 0 Å². The topological polar surface area (TPSA) is 66.4 Å². The van der Waals surface area contributed by atoms with Gasteiger partial charge in [-0.3, -0.25) is 0 Å². The van der Waals surface area contributed by atoms with Gasteiger partial charge in [0.25, 0.3) is 0 Å². The molecule has 1 aliphatic rings. The van der Waals surface area contributed by atoms with Crippen LogP contribution >= 0.6 is 0 Å². The molecule has 1 heterocycles. The van der Waals surface area contributed by atoms with Gasteiger partial charge in [-0.15, -0.1) is 6.58 Å². The Hall–Kier alpha value is -2.86. The first kappa shape index (κ1) is 18.9. The summed E-state index contributed by atoms with van der Waals surface area (Å²) < 4.78 is 27.6. The zero-order valence-electron chi connectivity index (χ0n) is 15.9. The van der Waals surface area contributed by atoms with Gasteiger partial charge in [0.1, 0.15) is 0 Å². The Morgan fingerprint density at radius 1 is 1.04 bits per heavy atom. The molecule has 0 fully saturated rings. The number of fused-ring (bicyclic) bond motifs is 1. The normalized spacial score (nSPS) is 14.4. The van der Waals surface area contributed by atoms with Gasteiger partial charge < -0.3 is 28.8 Å². The Morgan fingerprint density at radius 3 is 2.37 bits per heavy atom. The fourth-order valence-corrected chi connectivity index (χ4v) is 3.17. The van der Waals surface area contributed by atoms with E-state index in [1.54, 1.807) is 33.5 Å². The lowest BCUT2D eigenvalue weighted by molar-refractivity contribution is 0.139. The zero-order chi connectivity index (χ0) is 19.6. The van der Waals surface area contributed by atoms with E-state index >= 15 is 0 Å². The van der Waals surface area contributed by atoms with Crippen LogP contribution in [-0.2, 0) is 0 Å². The van der Waals surface area contributed by atoms with Gasteiger partial charge in [-0.2, -0.15) is 0 Å². The second-order valence-electron chi connectivity index (χ2n) is 6.22. The molecular formula is C21H24O6. The fourth-order valence-electron chi connectivity index (χ4n) is 3.17. The molecule has 144 valence electrons. The van der Waals surface area contributed by atoms with Crippen molar-refractivity contribution in [2.75, 3.05) is 28.1 Å². The van der Waals surface area contributed by atoms with Crippen molar-refractivity contribution in [3.8, 4) is 39.9 Å². The number of aliphatic hydroxyl groups excluding tert-OH is 1. The standard InChI is InChI=1S/C21H24O6/c1-6-12(2)19(22)14-10-17(23-3)20(24-4)21(25-5)18(14)13-7-8-15-16(9-13)27-11-26-15/h6-10,12,19,22H,1,11H2,2-5H3. The summed E-state index contributed by atoms with van der Waals surface area (Å²) in [6, 6.07) is 7.36. The van der Waals surface area contributed by atoms with Gasteiger partial charge in [0.2, 0.25) is 12.5 Å². The molecule has 0 saturated carbocycles. The van der Waals surface area contributed by atoms with E-state index in [0.29, 0.717) is 39.9 Å². The van der Waals surface area contributed by atoms with E-state index in [2.05, 4.69) is 6.58 Å². The van der Waals surface area contributed by atoms with Crippen LogP contribution in [0, 0.1) is 5.92 Å². The number of rotatable bonds is 7. The second kappa shape index (κ2) is 7.80. The third-order valence-corrected chi connectivity index (χ3v) is 4.71. The molecule has 3 rings (SSSR count). The number of hydrogen-bond donors (Lipinski definition) is 1. The van der Waals surface area contributed by atoms with E-state index in [9.17, 15) is 5.11 Å². The van der Waals surface area contributed by atoms with Crippen LogP contribution in [0.1, 0.15) is 18.6 Å². The third kappa shape index (κ3) is 3.28. The van der Waals surface area contributed by atoms with Gasteiger partial charge in [-0.1, -0.05) is 19.1 Å². The smallest absolute Gasteiger partial charge is 0.231 e. The van der Waals surface area contributed by atoms with Crippen LogP contribution < -0.4 is 23.7 Å². The number of aliphatic hydroxyl groups is 1. The molecule has 6 heteroatoms. The van der Waals surface area contributed by atoms with Crippen LogP contribution in [-0.4, -0.2) is 33.2 Å². The maximum Gasteiger partial charge on any atom is 0.231 e. The molecule has 0 radical (unpaired) electrons. The number of ether oxygens (including phenoxy) is 5. The first-order valence-corrected chi connectivity index (χ1v) is 8.59. The lowest BCUT2D eigenvalue weighted by Crippen LogP contribution is -2.10. The highest BCUT2D eigenvalue weighted by atomic mass is 16.7. The predicted octanol–water partition coefficient (Wildman–Crippen LogP) is 3.96. The van der Waals surface area contributed by atoms with Crippen LogP contribution in [0.25, 0.3) is 11.1 Å². The van der Waals surface area contributed by atoms with E-state index in [4.69, 9.17) is 23.7 Å². The van der Waals surface area contributed by atoms with E-state index in [0.717, 1.165) is 5.56 Å². The summed E-state index contributed by atoms with van der Waals surface area (Å²) in [7, 11) is 4.65. The maximum absolute atomic E-state index is 10.9. The molecule has 0 saturated heterocycles. The Bertz CT molecular complexity index is 845. The Labute approximate surface area is 158 Å². The largest absolute Gasteiger partial charge is 0.493 e. The highest BCUT2D eigenvalue weighted by Gasteiger charge is 2.28. The fraction of sp³-hybridized carbons (Fsp3) is 0.333. The summed E-state index contributed by atoms with van der Waals surface area (Å²) in [5, 5.41) is 10.9. The van der Waals surface area contributed by atoms with Crippen LogP contribution in [0.4, 0.5) is 0 Å². The molecule has 27 heavy (non-hydrogen) atoms. The minimum Gasteiger partial charge on any atom is -0.493 e. The summed E-state index contributed by atoms with van der Waals surface area (Å²) in [6.07, 6.45) is 0.897. The quantitative estimate of drug-likeness (QED) is 0.742. The van der Waals surface area contributed by atoms with E-state index in [-0.39, 0.29) is 12.7 Å². The molecule has 1 aliphatic heterocycles. The number of hydrogen-bond acceptors (Lipinski definition) is 6. The lowest BCUT2D eigenvalue weighted by atomic mass is 9.89. The van der Waals surface area contributed by atoms with Crippen molar-refractivity contribution in [1.82, 2.24) is 0 Å². The molecule has 6 nitrogen and oxygen atoms in total. The van der Waals surface area contributed by atoms with Crippen molar-refractivity contribution in [3.05, 3.63) is 42.5 Å². The minimum atomic E-state index is -0.809. The van der Waals surface area contributed by atoms with Crippen molar-refractivity contribution < 1.29 is 28.8 Å². The molecule has 2 unspecified atom stereocenters. The summed E-state index contributed by atoms with van der Waals surface area (Å²) in [5.74, 6) is 2.54. The lowest BCUT2D eigenvalue weighted by Gasteiger charge is -2.24. The second-order valence-corrected chi connectivity index (χ2v) is 6.22. The minimum absolute atomic E-state index is 0.180. The van der Waals surface area contributed by atoms with Crippen molar-refractivity contribution in [2.45, 2.75) is 13.0 Å². The zero-order valence-corrected chi connectivity index (χ0v) is 15.9. The summed E-state index contributed by atoms with van der Waals surface area (Å²) in [5.41, 5.74) is 2.16. The maximum atomic E-state index is 10.9. The van der Waals surface area contributed by atoms with E-state index in [1.807, 2.05) is 25.1 Å². The molecule has 0 aliphatic carbocycles. The van der Waals surface area contributed by atoms with Crippen LogP contribution in [0.5, 0.6) is 28.7 Å². The van der Waals surface area contributed by atoms with Crippen LogP contribution in [0.3, 0.4) is 0 Å². The van der Waals surface area contributed by atoms with Gasteiger partial charge in [0.05, 0.1) is 27.4 Å². The average Bonchev–Trinajstić information content (AvgIpc) is 3.18. The van der Waals surface area contributed by atoms with Gasteiger partial charge in [-0.05, 0) is 29.3 Å². The van der Waals surface area contributed by atoms with E-state index in [1.165, 1.54) is 0 Å². The first-order valence-electron chi connectivity index (χ1n) is 8.59. The van der Waals surface area contributed by atoms with Gasteiger partial charge in [0, 0.05) is 11.5 Å². The summed E-state index contributed by atoms with van der Waals surface area (Å²) in [6.45, 7) is 5.87. The Kier molecular flexibility index (Phi) is 5.46. The first-order chi connectivity index (χ1) is 13.0. The van der Waals surface area contributed by atoms with Crippen molar-refractivity contribution >= 4 is 0 Å². The van der Waals surface area contributed by atoms with Gasteiger partial charge in [0.15, 0.2) is 23.0 Å². The van der Waals surface area contributed by atoms with Gasteiger partial charge in [-0.25, -0.2) is 0 Å². The predicted molar refractivity (Wildman–Crippen MR) is 102 cm³/mol. The Balaban J connectivity index is 2.30. The van der Waals surface area contributed by atoms with Crippen molar-refractivity contribution in [1.29, 1.82) is 0 Å². The molecule has 1 N–H and O–H groups in total. The van der Waals surface area contributed by atoms with E-state index < -0.39 is 6.10 Å². The summed E-state index contributed by atoms with van der Waals surface area (Å²) >= 11 is 0. The number of benzene rings is 2. The highest BCUT2D eigenvalue weighted by Crippen LogP contribution is 2.50. The average molecular weight is 372 g/mol. The molecule has 0 spiro atoms. The molecule has 2 atom stereocenters. The van der Waals surface area contributed by atoms with Crippen molar-refractivity contribution in [2.24, 2.45) is 5.92 Å². The monoisotopic (exact) mass is 372 g/mol. The van der Waals surface area contributed by atoms with Crippen molar-refractivity contribution in [3.63, 3.8) is 0 Å². The van der Waals surface area contributed by atoms with Crippen LogP contribution in [0.2, 0.25) is 0 Å². The molecule has 2 aromatic carbocycles. The molecular weight excluding hydrogens is 348 g/mol.